The Morgan fingerprint density at radius 3 is 1.59 bits per heavy atom. The van der Waals surface area contributed by atoms with Gasteiger partial charge in [-0.1, -0.05) is 67.6 Å². The molecule has 0 saturated heterocycles. The van der Waals surface area contributed by atoms with E-state index in [-0.39, 0.29) is 6.04 Å². The van der Waals surface area contributed by atoms with Crippen molar-refractivity contribution in [3.63, 3.8) is 0 Å². The molecule has 0 bridgehead atoms. The molecule has 2 nitrogen and oxygen atoms in total. The maximum Gasteiger partial charge on any atom is 0.0746 e. The van der Waals surface area contributed by atoms with E-state index in [9.17, 15) is 5.11 Å². The molecule has 0 amide bonds. The minimum Gasteiger partial charge on any atom is -0.389 e. The van der Waals surface area contributed by atoms with E-state index in [1.807, 2.05) is 26.0 Å². The number of aliphatic hydroxyl groups is 1. The van der Waals surface area contributed by atoms with Crippen LogP contribution in [0.5, 0.6) is 0 Å². The minimum absolute atomic E-state index is 0.118. The predicted molar refractivity (Wildman–Crippen MR) is 92.5 cm³/mol. The van der Waals surface area contributed by atoms with Crippen LogP contribution in [0.4, 0.5) is 0 Å². The van der Waals surface area contributed by atoms with Gasteiger partial charge in [-0.15, -0.1) is 0 Å². The van der Waals surface area contributed by atoms with Crippen LogP contribution >= 0.6 is 0 Å². The summed E-state index contributed by atoms with van der Waals surface area (Å²) in [6, 6.07) is 21.1. The molecular formula is C20H27NO. The quantitative estimate of drug-likeness (QED) is 0.826. The van der Waals surface area contributed by atoms with Crippen LogP contribution in [0, 0.1) is 0 Å². The third kappa shape index (κ3) is 4.69. The summed E-state index contributed by atoms with van der Waals surface area (Å²) in [4.78, 5) is 2.38. The second-order valence-corrected chi connectivity index (χ2v) is 6.45. The van der Waals surface area contributed by atoms with Crippen LogP contribution in [0.25, 0.3) is 0 Å². The van der Waals surface area contributed by atoms with E-state index in [4.69, 9.17) is 0 Å². The Labute approximate surface area is 134 Å². The third-order valence-electron chi connectivity index (χ3n) is 4.10. The van der Waals surface area contributed by atoms with Gasteiger partial charge >= 0.3 is 0 Å². The van der Waals surface area contributed by atoms with Gasteiger partial charge in [-0.3, -0.25) is 4.90 Å². The molecule has 2 heteroatoms. The topological polar surface area (TPSA) is 23.5 Å². The van der Waals surface area contributed by atoms with Gasteiger partial charge < -0.3 is 5.11 Å². The molecule has 0 saturated carbocycles. The van der Waals surface area contributed by atoms with Gasteiger partial charge in [0.25, 0.3) is 0 Å². The Morgan fingerprint density at radius 2 is 1.27 bits per heavy atom. The van der Waals surface area contributed by atoms with Crippen molar-refractivity contribution in [1.29, 1.82) is 0 Å². The lowest BCUT2D eigenvalue weighted by Crippen LogP contribution is -2.48. The third-order valence-corrected chi connectivity index (χ3v) is 4.10. The van der Waals surface area contributed by atoms with E-state index >= 15 is 0 Å². The van der Waals surface area contributed by atoms with Crippen molar-refractivity contribution >= 4 is 0 Å². The maximum atomic E-state index is 10.6. The molecule has 0 aliphatic carbocycles. The molecule has 0 aliphatic rings. The van der Waals surface area contributed by atoms with Crippen molar-refractivity contribution in [3.8, 4) is 0 Å². The van der Waals surface area contributed by atoms with Gasteiger partial charge in [-0.2, -0.15) is 0 Å². The molecule has 2 aromatic rings. The van der Waals surface area contributed by atoms with Crippen molar-refractivity contribution in [2.45, 2.75) is 51.9 Å². The van der Waals surface area contributed by atoms with Crippen LogP contribution in [0.1, 0.15) is 38.3 Å². The molecule has 1 N–H and O–H groups in total. The van der Waals surface area contributed by atoms with Crippen LogP contribution in [0.3, 0.4) is 0 Å². The first kappa shape index (κ1) is 16.7. The van der Waals surface area contributed by atoms with Crippen LogP contribution < -0.4 is 0 Å². The molecule has 2 rings (SSSR count). The van der Waals surface area contributed by atoms with Crippen molar-refractivity contribution < 1.29 is 5.11 Å². The second kappa shape index (κ2) is 7.57. The van der Waals surface area contributed by atoms with Gasteiger partial charge in [0.1, 0.15) is 0 Å². The summed E-state index contributed by atoms with van der Waals surface area (Å²) in [5.74, 6) is 0. The Bertz CT molecular complexity index is 503. The summed E-state index contributed by atoms with van der Waals surface area (Å²) in [5, 5.41) is 10.6. The average molecular weight is 297 g/mol. The fraction of sp³-hybridized carbons (Fsp3) is 0.400. The Morgan fingerprint density at radius 1 is 0.864 bits per heavy atom. The van der Waals surface area contributed by atoms with Crippen molar-refractivity contribution in [1.82, 2.24) is 4.90 Å². The first-order valence-electron chi connectivity index (χ1n) is 8.05. The maximum absolute atomic E-state index is 10.6. The summed E-state index contributed by atoms with van der Waals surface area (Å²) in [6.45, 7) is 7.65. The number of nitrogens with zero attached hydrogens (tertiary/aromatic N) is 1. The fourth-order valence-electron chi connectivity index (χ4n) is 3.12. The molecule has 0 aliphatic heterocycles. The highest BCUT2D eigenvalue weighted by Crippen LogP contribution is 2.23. The molecule has 2 aromatic carbocycles. The number of hydrogen-bond donors (Lipinski definition) is 1. The summed E-state index contributed by atoms with van der Waals surface area (Å²) >= 11 is 0. The van der Waals surface area contributed by atoms with E-state index in [0.29, 0.717) is 0 Å². The highest BCUT2D eigenvalue weighted by Gasteiger charge is 2.30. The van der Waals surface area contributed by atoms with E-state index < -0.39 is 5.60 Å². The zero-order valence-electron chi connectivity index (χ0n) is 13.9. The Balaban J connectivity index is 2.23. The van der Waals surface area contributed by atoms with Crippen LogP contribution in [-0.2, 0) is 13.1 Å². The lowest BCUT2D eigenvalue weighted by atomic mass is 9.93. The molecule has 1 unspecified atom stereocenters. The summed E-state index contributed by atoms with van der Waals surface area (Å²) < 4.78 is 0. The van der Waals surface area contributed by atoms with Crippen LogP contribution in [0.2, 0.25) is 0 Å². The molecule has 1 atom stereocenters. The van der Waals surface area contributed by atoms with Gasteiger partial charge in [0.05, 0.1) is 5.60 Å². The first-order chi connectivity index (χ1) is 10.5. The highest BCUT2D eigenvalue weighted by molar-refractivity contribution is 5.17. The number of benzene rings is 2. The highest BCUT2D eigenvalue weighted by atomic mass is 16.3. The Hall–Kier alpha value is -1.64. The standard InChI is InChI=1S/C20H27NO/c1-4-19(20(2,3)22)21(15-17-11-7-5-8-12-17)16-18-13-9-6-10-14-18/h5-14,19,22H,4,15-16H2,1-3H3. The number of hydrogen-bond acceptors (Lipinski definition) is 2. The fourth-order valence-corrected chi connectivity index (χ4v) is 3.12. The predicted octanol–water partition coefficient (Wildman–Crippen LogP) is 4.24. The molecule has 22 heavy (non-hydrogen) atoms. The summed E-state index contributed by atoms with van der Waals surface area (Å²) in [5.41, 5.74) is 1.83. The average Bonchev–Trinajstić information content (AvgIpc) is 2.48. The molecule has 0 heterocycles. The largest absolute Gasteiger partial charge is 0.389 e. The van der Waals surface area contributed by atoms with E-state index in [2.05, 4.69) is 60.4 Å². The lowest BCUT2D eigenvalue weighted by molar-refractivity contribution is -0.0285. The molecule has 0 aromatic heterocycles. The molecule has 0 fully saturated rings. The normalized spacial score (nSPS) is 13.3. The van der Waals surface area contributed by atoms with E-state index in [1.165, 1.54) is 11.1 Å². The van der Waals surface area contributed by atoms with E-state index in [1.54, 1.807) is 0 Å². The van der Waals surface area contributed by atoms with Crippen molar-refractivity contribution in [2.75, 3.05) is 0 Å². The molecule has 0 spiro atoms. The monoisotopic (exact) mass is 297 g/mol. The van der Waals surface area contributed by atoms with Gasteiger partial charge in [0.2, 0.25) is 0 Å². The Kier molecular flexibility index (Phi) is 5.76. The van der Waals surface area contributed by atoms with Gasteiger partial charge in [-0.05, 0) is 31.4 Å². The molecule has 118 valence electrons. The van der Waals surface area contributed by atoms with Gasteiger partial charge in [-0.25, -0.2) is 0 Å². The zero-order chi connectivity index (χ0) is 16.0. The first-order valence-corrected chi connectivity index (χ1v) is 8.05. The minimum atomic E-state index is -0.724. The zero-order valence-corrected chi connectivity index (χ0v) is 13.9. The van der Waals surface area contributed by atoms with Gasteiger partial charge in [0, 0.05) is 19.1 Å². The summed E-state index contributed by atoms with van der Waals surface area (Å²) in [7, 11) is 0. The van der Waals surface area contributed by atoms with Crippen molar-refractivity contribution in [2.24, 2.45) is 0 Å². The number of rotatable bonds is 7. The lowest BCUT2D eigenvalue weighted by Gasteiger charge is -2.39. The van der Waals surface area contributed by atoms with E-state index in [0.717, 1.165) is 19.5 Å². The van der Waals surface area contributed by atoms with Crippen LogP contribution in [0.15, 0.2) is 60.7 Å². The molecular weight excluding hydrogens is 270 g/mol. The second-order valence-electron chi connectivity index (χ2n) is 6.45. The summed E-state index contributed by atoms with van der Waals surface area (Å²) in [6.07, 6.45) is 0.920. The van der Waals surface area contributed by atoms with Crippen LogP contribution in [-0.4, -0.2) is 21.6 Å². The van der Waals surface area contributed by atoms with Crippen molar-refractivity contribution in [3.05, 3.63) is 71.8 Å². The van der Waals surface area contributed by atoms with Gasteiger partial charge in [0.15, 0.2) is 0 Å². The SMILES string of the molecule is CCC(N(Cc1ccccc1)Cc1ccccc1)C(C)(C)O. The molecule has 0 radical (unpaired) electrons. The smallest absolute Gasteiger partial charge is 0.0746 e.